The topological polar surface area (TPSA) is 40.6 Å². The van der Waals surface area contributed by atoms with E-state index in [4.69, 9.17) is 0 Å². The first-order chi connectivity index (χ1) is 11.6. The highest BCUT2D eigenvalue weighted by molar-refractivity contribution is 8.18. The number of imide groups is 1. The van der Waals surface area contributed by atoms with E-state index in [1.54, 1.807) is 0 Å². The van der Waals surface area contributed by atoms with Gasteiger partial charge in [0, 0.05) is 24.8 Å². The van der Waals surface area contributed by atoms with Crippen molar-refractivity contribution in [3.8, 4) is 0 Å². The van der Waals surface area contributed by atoms with Crippen molar-refractivity contribution >= 4 is 34.7 Å². The zero-order valence-corrected chi connectivity index (χ0v) is 15.1. The fourth-order valence-electron chi connectivity index (χ4n) is 3.13. The van der Waals surface area contributed by atoms with Crippen molar-refractivity contribution in [3.05, 3.63) is 34.7 Å². The second-order valence-electron chi connectivity index (χ2n) is 6.45. The molecule has 0 saturated carbocycles. The Bertz CT molecular complexity index is 648. The predicted octanol–water partition coefficient (Wildman–Crippen LogP) is 4.51. The maximum absolute atomic E-state index is 12.4. The molecule has 2 saturated heterocycles. The third-order valence-corrected chi connectivity index (χ3v) is 5.65. The van der Waals surface area contributed by atoms with E-state index < -0.39 is 0 Å². The van der Waals surface area contributed by atoms with Gasteiger partial charge in [-0.25, -0.2) is 0 Å². The zero-order valence-electron chi connectivity index (χ0n) is 14.3. The van der Waals surface area contributed by atoms with Gasteiger partial charge in [-0.1, -0.05) is 19.1 Å². The smallest absolute Gasteiger partial charge is 0.293 e. The Morgan fingerprint density at radius 1 is 1.12 bits per heavy atom. The summed E-state index contributed by atoms with van der Waals surface area (Å²) in [6.07, 6.45) is 6.43. The second kappa shape index (κ2) is 7.43. The van der Waals surface area contributed by atoms with Crippen LogP contribution in [0, 0.1) is 0 Å². The minimum Gasteiger partial charge on any atom is -0.372 e. The van der Waals surface area contributed by atoms with Crippen LogP contribution in [0.25, 0.3) is 6.08 Å². The average Bonchev–Trinajstić information content (AvgIpc) is 2.89. The molecule has 0 aliphatic carbocycles. The first kappa shape index (κ1) is 17.1. The van der Waals surface area contributed by atoms with Gasteiger partial charge in [0.05, 0.1) is 4.91 Å². The van der Waals surface area contributed by atoms with Gasteiger partial charge >= 0.3 is 0 Å². The number of carbonyl (C=O) groups is 2. The third-order valence-electron chi connectivity index (χ3n) is 4.77. The van der Waals surface area contributed by atoms with Crippen molar-refractivity contribution in [1.82, 2.24) is 4.90 Å². The Balaban J connectivity index is 1.74. The number of thioether (sulfide) groups is 1. The monoisotopic (exact) mass is 344 g/mol. The fourth-order valence-corrected chi connectivity index (χ4v) is 4.06. The molecule has 2 heterocycles. The molecule has 1 aromatic rings. The lowest BCUT2D eigenvalue weighted by Crippen LogP contribution is -2.36. The molecule has 3 rings (SSSR count). The van der Waals surface area contributed by atoms with Gasteiger partial charge in [0.2, 0.25) is 0 Å². The lowest BCUT2D eigenvalue weighted by atomic mass is 10.1. The van der Waals surface area contributed by atoms with Crippen LogP contribution in [0.3, 0.4) is 0 Å². The normalized spacial score (nSPS) is 21.7. The first-order valence-corrected chi connectivity index (χ1v) is 9.54. The second-order valence-corrected chi connectivity index (χ2v) is 7.44. The predicted molar refractivity (Wildman–Crippen MR) is 100 cm³/mol. The molecule has 1 atom stereocenters. The Morgan fingerprint density at radius 2 is 1.79 bits per heavy atom. The summed E-state index contributed by atoms with van der Waals surface area (Å²) in [5, 5.41) is -0.162. The van der Waals surface area contributed by atoms with E-state index in [9.17, 15) is 9.59 Å². The molecule has 2 aliphatic heterocycles. The highest BCUT2D eigenvalue weighted by atomic mass is 32.2. The van der Waals surface area contributed by atoms with Crippen LogP contribution in [0.1, 0.15) is 45.1 Å². The number of piperidine rings is 1. The summed E-state index contributed by atoms with van der Waals surface area (Å²) >= 11 is 1.04. The van der Waals surface area contributed by atoms with E-state index in [1.165, 1.54) is 29.8 Å². The molecule has 1 aromatic carbocycles. The average molecular weight is 344 g/mol. The standard InChI is InChI=1S/C19H24N2O2S/c1-3-14(2)21-18(22)17(24-19(21)23)13-15-7-9-16(10-8-15)20-11-5-4-6-12-20/h7-10,13-14H,3-6,11-12H2,1-2H3/b17-13-/t14-/m0/s1. The van der Waals surface area contributed by atoms with Crippen LogP contribution in [0.15, 0.2) is 29.2 Å². The third kappa shape index (κ3) is 3.51. The van der Waals surface area contributed by atoms with Gasteiger partial charge in [-0.3, -0.25) is 14.5 Å². The SMILES string of the molecule is CC[C@H](C)N1C(=O)S/C(=C\c2ccc(N3CCCCC3)cc2)C1=O. The zero-order chi connectivity index (χ0) is 17.1. The molecule has 2 amide bonds. The van der Waals surface area contributed by atoms with E-state index in [0.717, 1.165) is 36.8 Å². The molecule has 2 fully saturated rings. The van der Waals surface area contributed by atoms with Crippen molar-refractivity contribution in [2.75, 3.05) is 18.0 Å². The summed E-state index contributed by atoms with van der Waals surface area (Å²) in [5.74, 6) is -0.167. The van der Waals surface area contributed by atoms with Gasteiger partial charge in [-0.2, -0.15) is 0 Å². The molecule has 2 aliphatic rings. The lowest BCUT2D eigenvalue weighted by molar-refractivity contribution is -0.124. The number of nitrogens with zero attached hydrogens (tertiary/aromatic N) is 2. The molecule has 0 spiro atoms. The molecule has 0 radical (unpaired) electrons. The Labute approximate surface area is 147 Å². The minimum atomic E-state index is -0.167. The number of benzene rings is 1. The quantitative estimate of drug-likeness (QED) is 0.754. The number of amides is 2. The van der Waals surface area contributed by atoms with Crippen LogP contribution >= 0.6 is 11.8 Å². The van der Waals surface area contributed by atoms with Gasteiger partial charge in [0.1, 0.15) is 0 Å². The first-order valence-electron chi connectivity index (χ1n) is 8.72. The van der Waals surface area contributed by atoms with Crippen LogP contribution in [0.2, 0.25) is 0 Å². The fraction of sp³-hybridized carbons (Fsp3) is 0.474. The van der Waals surface area contributed by atoms with E-state index >= 15 is 0 Å². The van der Waals surface area contributed by atoms with Crippen LogP contribution < -0.4 is 4.90 Å². The maximum atomic E-state index is 12.4. The van der Waals surface area contributed by atoms with Gasteiger partial charge < -0.3 is 4.90 Å². The molecule has 0 unspecified atom stereocenters. The Kier molecular flexibility index (Phi) is 5.29. The highest BCUT2D eigenvalue weighted by Crippen LogP contribution is 2.34. The molecule has 24 heavy (non-hydrogen) atoms. The van der Waals surface area contributed by atoms with E-state index in [-0.39, 0.29) is 17.2 Å². The summed E-state index contributed by atoms with van der Waals surface area (Å²) in [6, 6.07) is 8.22. The number of anilines is 1. The van der Waals surface area contributed by atoms with E-state index in [1.807, 2.05) is 32.1 Å². The number of hydrogen-bond donors (Lipinski definition) is 0. The largest absolute Gasteiger partial charge is 0.372 e. The summed E-state index contributed by atoms with van der Waals surface area (Å²) in [4.78, 5) is 28.8. The number of carbonyl (C=O) groups excluding carboxylic acids is 2. The molecule has 0 aromatic heterocycles. The van der Waals surface area contributed by atoms with Crippen molar-refractivity contribution in [2.24, 2.45) is 0 Å². The molecule has 4 nitrogen and oxygen atoms in total. The van der Waals surface area contributed by atoms with Crippen molar-refractivity contribution in [1.29, 1.82) is 0 Å². The highest BCUT2D eigenvalue weighted by Gasteiger charge is 2.37. The van der Waals surface area contributed by atoms with Crippen LogP contribution in [0.4, 0.5) is 10.5 Å². The van der Waals surface area contributed by atoms with Crippen molar-refractivity contribution < 1.29 is 9.59 Å². The van der Waals surface area contributed by atoms with E-state index in [2.05, 4.69) is 17.0 Å². The molecular weight excluding hydrogens is 320 g/mol. The summed E-state index contributed by atoms with van der Waals surface area (Å²) in [7, 11) is 0. The Hall–Kier alpha value is -1.75. The molecule has 128 valence electrons. The maximum Gasteiger partial charge on any atom is 0.293 e. The summed E-state index contributed by atoms with van der Waals surface area (Å²) in [5.41, 5.74) is 2.20. The van der Waals surface area contributed by atoms with Crippen LogP contribution in [0.5, 0.6) is 0 Å². The number of rotatable bonds is 4. The van der Waals surface area contributed by atoms with Crippen LogP contribution in [-0.4, -0.2) is 35.2 Å². The van der Waals surface area contributed by atoms with E-state index in [0.29, 0.717) is 4.91 Å². The molecule has 0 N–H and O–H groups in total. The molecule has 5 heteroatoms. The molecular formula is C19H24N2O2S. The minimum absolute atomic E-state index is 0.0510. The van der Waals surface area contributed by atoms with Crippen molar-refractivity contribution in [2.45, 2.75) is 45.6 Å². The van der Waals surface area contributed by atoms with Gasteiger partial charge in [-0.05, 0) is 68.1 Å². The van der Waals surface area contributed by atoms with Gasteiger partial charge in [0.15, 0.2) is 0 Å². The summed E-state index contributed by atoms with van der Waals surface area (Å²) < 4.78 is 0. The van der Waals surface area contributed by atoms with Gasteiger partial charge in [-0.15, -0.1) is 0 Å². The summed E-state index contributed by atoms with van der Waals surface area (Å²) in [6.45, 7) is 6.13. The van der Waals surface area contributed by atoms with Crippen molar-refractivity contribution in [3.63, 3.8) is 0 Å². The van der Waals surface area contributed by atoms with Gasteiger partial charge in [0.25, 0.3) is 11.1 Å². The Morgan fingerprint density at radius 3 is 2.42 bits per heavy atom. The number of hydrogen-bond acceptors (Lipinski definition) is 4. The molecule has 0 bridgehead atoms. The van der Waals surface area contributed by atoms with Crippen LogP contribution in [-0.2, 0) is 4.79 Å². The lowest BCUT2D eigenvalue weighted by Gasteiger charge is -2.28.